The number of imidazole rings is 1. The Labute approximate surface area is 182 Å². The van der Waals surface area contributed by atoms with Crippen molar-refractivity contribution in [2.24, 2.45) is 0 Å². The summed E-state index contributed by atoms with van der Waals surface area (Å²) in [4.78, 5) is 30.6. The number of nitrogens with one attached hydrogen (secondary N) is 3. The molecule has 158 valence electrons. The van der Waals surface area contributed by atoms with E-state index in [2.05, 4.69) is 41.6 Å². The lowest BCUT2D eigenvalue weighted by atomic mass is 10.1. The number of nitrogens with zero attached hydrogens (tertiary/aromatic N) is 6. The number of anilines is 2. The van der Waals surface area contributed by atoms with Gasteiger partial charge in [0.15, 0.2) is 0 Å². The molecule has 0 aliphatic rings. The van der Waals surface area contributed by atoms with Crippen LogP contribution >= 0.6 is 0 Å². The van der Waals surface area contributed by atoms with Gasteiger partial charge in [0.2, 0.25) is 5.95 Å². The molecule has 4 aromatic rings. The van der Waals surface area contributed by atoms with Crippen molar-refractivity contribution >= 4 is 17.5 Å². The summed E-state index contributed by atoms with van der Waals surface area (Å²) in [5, 5.41) is 26.0. The highest BCUT2D eigenvalue weighted by atomic mass is 16.6. The van der Waals surface area contributed by atoms with Crippen LogP contribution in [0.25, 0.3) is 22.6 Å². The summed E-state index contributed by atoms with van der Waals surface area (Å²) >= 11 is 0. The molecule has 0 fully saturated rings. The molecular weight excluding hydrogens is 410 g/mol. The minimum absolute atomic E-state index is 0.0611. The number of H-pyrrole nitrogens is 1. The van der Waals surface area contributed by atoms with E-state index in [-0.39, 0.29) is 5.69 Å². The van der Waals surface area contributed by atoms with Crippen LogP contribution in [0.15, 0.2) is 61.2 Å². The molecular formula is C21H17N9O2. The van der Waals surface area contributed by atoms with Crippen LogP contribution in [0.3, 0.4) is 0 Å². The fourth-order valence-electron chi connectivity index (χ4n) is 2.94. The molecule has 0 spiro atoms. The Morgan fingerprint density at radius 3 is 2.50 bits per heavy atom. The minimum atomic E-state index is -0.493. The molecule has 1 aromatic carbocycles. The van der Waals surface area contributed by atoms with Crippen LogP contribution in [0.1, 0.15) is 5.56 Å². The Morgan fingerprint density at radius 1 is 1.03 bits per heavy atom. The smallest absolute Gasteiger partial charge is 0.287 e. The van der Waals surface area contributed by atoms with Crippen LogP contribution in [0.5, 0.6) is 0 Å². The van der Waals surface area contributed by atoms with Gasteiger partial charge in [0.25, 0.3) is 5.69 Å². The molecule has 0 saturated carbocycles. The van der Waals surface area contributed by atoms with Crippen LogP contribution in [-0.2, 0) is 0 Å². The number of pyridine rings is 1. The van der Waals surface area contributed by atoms with E-state index in [9.17, 15) is 10.1 Å². The van der Waals surface area contributed by atoms with Gasteiger partial charge in [-0.25, -0.2) is 19.9 Å². The summed E-state index contributed by atoms with van der Waals surface area (Å²) in [5.74, 6) is 1.60. The molecule has 0 aliphatic heterocycles. The van der Waals surface area contributed by atoms with Crippen LogP contribution in [0.2, 0.25) is 0 Å². The first-order valence-corrected chi connectivity index (χ1v) is 9.59. The number of rotatable bonds is 8. The van der Waals surface area contributed by atoms with Crippen LogP contribution in [0, 0.1) is 21.4 Å². The van der Waals surface area contributed by atoms with Gasteiger partial charge in [-0.3, -0.25) is 10.1 Å². The maximum atomic E-state index is 10.7. The maximum Gasteiger partial charge on any atom is 0.287 e. The average molecular weight is 427 g/mol. The SMILES string of the molecule is N#Cc1ccc(-c2nc(NCCNc3ccc([N+](=O)[O-])cn3)ncc2-c2ncc[nH]2)cc1. The maximum absolute atomic E-state index is 10.7. The first kappa shape index (κ1) is 20.4. The Balaban J connectivity index is 1.47. The third-order valence-electron chi connectivity index (χ3n) is 4.50. The second-order valence-electron chi connectivity index (χ2n) is 6.60. The van der Waals surface area contributed by atoms with Crippen molar-refractivity contribution in [2.45, 2.75) is 0 Å². The Kier molecular flexibility index (Phi) is 5.94. The van der Waals surface area contributed by atoms with Crippen LogP contribution in [-0.4, -0.2) is 42.9 Å². The summed E-state index contributed by atoms with van der Waals surface area (Å²) in [7, 11) is 0. The molecule has 3 N–H and O–H groups in total. The second kappa shape index (κ2) is 9.31. The Morgan fingerprint density at radius 2 is 1.84 bits per heavy atom. The molecule has 0 aliphatic carbocycles. The van der Waals surface area contributed by atoms with E-state index in [0.29, 0.717) is 41.9 Å². The summed E-state index contributed by atoms with van der Waals surface area (Å²) in [6, 6.07) is 12.2. The summed E-state index contributed by atoms with van der Waals surface area (Å²) in [6.07, 6.45) is 6.27. The average Bonchev–Trinajstić information content (AvgIpc) is 3.37. The number of nitro groups is 1. The summed E-state index contributed by atoms with van der Waals surface area (Å²) in [6.45, 7) is 0.992. The predicted octanol–water partition coefficient (Wildman–Crippen LogP) is 3.23. The van der Waals surface area contributed by atoms with E-state index < -0.39 is 4.92 Å². The Bertz CT molecular complexity index is 1250. The normalized spacial score (nSPS) is 10.3. The second-order valence-corrected chi connectivity index (χ2v) is 6.60. The molecule has 0 radical (unpaired) electrons. The third kappa shape index (κ3) is 4.65. The zero-order chi connectivity index (χ0) is 22.3. The molecule has 3 heterocycles. The molecule has 11 nitrogen and oxygen atoms in total. The topological polar surface area (TPSA) is 158 Å². The molecule has 0 amide bonds. The number of hydrogen-bond donors (Lipinski definition) is 3. The molecule has 3 aromatic heterocycles. The number of benzene rings is 1. The summed E-state index contributed by atoms with van der Waals surface area (Å²) in [5.41, 5.74) is 2.74. The van der Waals surface area contributed by atoms with Crippen LogP contribution in [0.4, 0.5) is 17.5 Å². The highest BCUT2D eigenvalue weighted by molar-refractivity contribution is 5.77. The molecule has 4 rings (SSSR count). The first-order valence-electron chi connectivity index (χ1n) is 9.59. The first-order chi connectivity index (χ1) is 15.6. The molecule has 32 heavy (non-hydrogen) atoms. The molecule has 0 atom stereocenters. The number of aromatic amines is 1. The molecule has 0 saturated heterocycles. The fourth-order valence-corrected chi connectivity index (χ4v) is 2.94. The lowest BCUT2D eigenvalue weighted by Crippen LogP contribution is -2.16. The Hall–Kier alpha value is -4.85. The third-order valence-corrected chi connectivity index (χ3v) is 4.50. The largest absolute Gasteiger partial charge is 0.368 e. The van der Waals surface area contributed by atoms with Gasteiger partial charge in [-0.15, -0.1) is 0 Å². The molecule has 11 heteroatoms. The van der Waals surface area contributed by atoms with Crippen molar-refractivity contribution < 1.29 is 4.92 Å². The van der Waals surface area contributed by atoms with E-state index in [1.54, 1.807) is 36.8 Å². The lowest BCUT2D eigenvalue weighted by Gasteiger charge is -2.11. The van der Waals surface area contributed by atoms with Gasteiger partial charge in [-0.05, 0) is 18.2 Å². The van der Waals surface area contributed by atoms with Gasteiger partial charge < -0.3 is 15.6 Å². The predicted molar refractivity (Wildman–Crippen MR) is 118 cm³/mol. The van der Waals surface area contributed by atoms with Crippen molar-refractivity contribution in [3.8, 4) is 28.7 Å². The summed E-state index contributed by atoms with van der Waals surface area (Å²) < 4.78 is 0. The van der Waals surface area contributed by atoms with Gasteiger partial charge in [-0.1, -0.05) is 12.1 Å². The van der Waals surface area contributed by atoms with Gasteiger partial charge >= 0.3 is 0 Å². The number of aromatic nitrogens is 5. The van der Waals surface area contributed by atoms with E-state index in [1.807, 2.05) is 12.1 Å². The van der Waals surface area contributed by atoms with E-state index in [0.717, 1.165) is 11.1 Å². The van der Waals surface area contributed by atoms with Crippen molar-refractivity contribution in [1.29, 1.82) is 5.26 Å². The van der Waals surface area contributed by atoms with Crippen molar-refractivity contribution in [1.82, 2.24) is 24.9 Å². The van der Waals surface area contributed by atoms with Gasteiger partial charge in [0.1, 0.15) is 17.8 Å². The monoisotopic (exact) mass is 427 g/mol. The molecule has 0 unspecified atom stereocenters. The highest BCUT2D eigenvalue weighted by Crippen LogP contribution is 2.29. The van der Waals surface area contributed by atoms with Crippen molar-refractivity contribution in [3.05, 3.63) is 76.9 Å². The van der Waals surface area contributed by atoms with Gasteiger partial charge in [0, 0.05) is 43.3 Å². The number of nitriles is 1. The quantitative estimate of drug-likeness (QED) is 0.218. The van der Waals surface area contributed by atoms with E-state index in [4.69, 9.17) is 5.26 Å². The lowest BCUT2D eigenvalue weighted by molar-refractivity contribution is -0.385. The van der Waals surface area contributed by atoms with Crippen LogP contribution < -0.4 is 10.6 Å². The standard InChI is InChI=1S/C21H17N9O2/c22-11-14-1-3-15(4-2-14)19-17(20-24-8-9-25-20)13-28-21(29-19)26-10-7-23-18-6-5-16(12-27-18)30(31)32/h1-6,8-9,12-13H,7,10H2,(H,23,27)(H,24,25)(H,26,28,29). The van der Waals surface area contributed by atoms with Gasteiger partial charge in [0.05, 0.1) is 27.8 Å². The number of hydrogen-bond acceptors (Lipinski definition) is 9. The molecule has 0 bridgehead atoms. The van der Waals surface area contributed by atoms with E-state index in [1.165, 1.54) is 12.3 Å². The zero-order valence-electron chi connectivity index (χ0n) is 16.7. The van der Waals surface area contributed by atoms with Gasteiger partial charge in [-0.2, -0.15) is 5.26 Å². The highest BCUT2D eigenvalue weighted by Gasteiger charge is 2.13. The van der Waals surface area contributed by atoms with E-state index >= 15 is 0 Å². The van der Waals surface area contributed by atoms with Crippen molar-refractivity contribution in [3.63, 3.8) is 0 Å². The minimum Gasteiger partial charge on any atom is -0.368 e. The van der Waals surface area contributed by atoms with Crippen molar-refractivity contribution in [2.75, 3.05) is 23.7 Å². The zero-order valence-corrected chi connectivity index (χ0v) is 16.7. The fraction of sp³-hybridized carbons (Fsp3) is 0.0952.